The van der Waals surface area contributed by atoms with E-state index in [0.717, 1.165) is 36.0 Å². The fraction of sp³-hybridized carbons (Fsp3) is 0.316. The average Bonchev–Trinajstić information content (AvgIpc) is 3.21. The summed E-state index contributed by atoms with van der Waals surface area (Å²) in [5.74, 6) is 0. The summed E-state index contributed by atoms with van der Waals surface area (Å²) in [6.45, 7) is 0.830. The molecule has 0 radical (unpaired) electrons. The van der Waals surface area contributed by atoms with Crippen molar-refractivity contribution in [2.45, 2.75) is 31.6 Å². The molecule has 0 bridgehead atoms. The fourth-order valence-corrected chi connectivity index (χ4v) is 3.31. The minimum atomic E-state index is -0.0574. The van der Waals surface area contributed by atoms with E-state index in [1.807, 2.05) is 30.3 Å². The number of hydrogen-bond donors (Lipinski definition) is 1. The zero-order chi connectivity index (χ0) is 15.6. The Hall–Kier alpha value is -2.17. The van der Waals surface area contributed by atoms with Gasteiger partial charge in [0, 0.05) is 5.39 Å². The van der Waals surface area contributed by atoms with Crippen LogP contribution in [-0.2, 0) is 11.3 Å². The zero-order valence-corrected chi connectivity index (χ0v) is 12.9. The van der Waals surface area contributed by atoms with Crippen molar-refractivity contribution >= 4 is 10.9 Å². The molecule has 4 nitrogen and oxygen atoms in total. The van der Waals surface area contributed by atoms with Gasteiger partial charge in [0.15, 0.2) is 0 Å². The number of ether oxygens (including phenoxy) is 1. The van der Waals surface area contributed by atoms with Gasteiger partial charge in [0.2, 0.25) is 0 Å². The van der Waals surface area contributed by atoms with Crippen LogP contribution in [0.1, 0.15) is 30.2 Å². The Morgan fingerprint density at radius 1 is 1.04 bits per heavy atom. The molecular weight excluding hydrogens is 288 g/mol. The van der Waals surface area contributed by atoms with E-state index < -0.39 is 0 Å². The van der Waals surface area contributed by atoms with Gasteiger partial charge in [-0.3, -0.25) is 4.68 Å². The normalized spacial score (nSPS) is 21.1. The van der Waals surface area contributed by atoms with E-state index in [0.29, 0.717) is 0 Å². The Morgan fingerprint density at radius 2 is 1.83 bits per heavy atom. The van der Waals surface area contributed by atoms with Gasteiger partial charge in [-0.15, -0.1) is 0 Å². The third-order valence-electron chi connectivity index (χ3n) is 4.48. The Balaban J connectivity index is 1.72. The zero-order valence-electron chi connectivity index (χ0n) is 12.9. The maximum Gasteiger partial charge on any atom is 0.102 e. The number of aliphatic hydroxyl groups is 1. The van der Waals surface area contributed by atoms with Crippen LogP contribution >= 0.6 is 0 Å². The highest BCUT2D eigenvalue weighted by Crippen LogP contribution is 2.35. The molecule has 4 heteroatoms. The molecule has 1 saturated heterocycles. The SMILES string of the molecule is OCC1CCC(c2nn(Cc3ccccc3)c3ccccc23)O1. The number of para-hydroxylation sites is 1. The van der Waals surface area contributed by atoms with Crippen molar-refractivity contribution in [3.8, 4) is 0 Å². The van der Waals surface area contributed by atoms with Crippen LogP contribution < -0.4 is 0 Å². The van der Waals surface area contributed by atoms with Crippen LogP contribution in [0.3, 0.4) is 0 Å². The molecule has 1 N–H and O–H groups in total. The molecule has 0 spiro atoms. The summed E-state index contributed by atoms with van der Waals surface area (Å²) in [7, 11) is 0. The molecule has 2 aromatic carbocycles. The molecule has 1 aliphatic rings. The summed E-state index contributed by atoms with van der Waals surface area (Å²) >= 11 is 0. The molecule has 3 aromatic rings. The van der Waals surface area contributed by atoms with E-state index in [2.05, 4.69) is 28.9 Å². The Bertz CT molecular complexity index is 797. The van der Waals surface area contributed by atoms with Gasteiger partial charge in [-0.1, -0.05) is 48.5 Å². The smallest absolute Gasteiger partial charge is 0.102 e. The van der Waals surface area contributed by atoms with Crippen molar-refractivity contribution in [1.82, 2.24) is 9.78 Å². The van der Waals surface area contributed by atoms with Crippen LogP contribution in [0.15, 0.2) is 54.6 Å². The lowest BCUT2D eigenvalue weighted by molar-refractivity contribution is 0.00956. The van der Waals surface area contributed by atoms with E-state index >= 15 is 0 Å². The van der Waals surface area contributed by atoms with Gasteiger partial charge >= 0.3 is 0 Å². The number of fused-ring (bicyclic) bond motifs is 1. The second-order valence-corrected chi connectivity index (χ2v) is 6.05. The van der Waals surface area contributed by atoms with E-state index in [1.54, 1.807) is 0 Å². The van der Waals surface area contributed by atoms with E-state index in [-0.39, 0.29) is 18.8 Å². The molecule has 1 aromatic heterocycles. The van der Waals surface area contributed by atoms with Gasteiger partial charge in [0.1, 0.15) is 6.10 Å². The lowest BCUT2D eigenvalue weighted by Gasteiger charge is -2.10. The molecular formula is C19H20N2O2. The predicted molar refractivity (Wildman–Crippen MR) is 89.2 cm³/mol. The predicted octanol–water partition coefficient (Wildman–Crippen LogP) is 3.30. The average molecular weight is 308 g/mol. The van der Waals surface area contributed by atoms with Crippen molar-refractivity contribution in [2.24, 2.45) is 0 Å². The maximum atomic E-state index is 9.29. The highest BCUT2D eigenvalue weighted by Gasteiger charge is 2.29. The van der Waals surface area contributed by atoms with Crippen LogP contribution in [0, 0.1) is 0 Å². The lowest BCUT2D eigenvalue weighted by atomic mass is 10.1. The highest BCUT2D eigenvalue weighted by molar-refractivity contribution is 5.82. The standard InChI is InChI=1S/C19H20N2O2/c22-13-15-10-11-18(23-15)19-16-8-4-5-9-17(16)21(20-19)12-14-6-2-1-3-7-14/h1-9,15,18,22H,10-13H2. The van der Waals surface area contributed by atoms with Gasteiger partial charge in [-0.05, 0) is 24.5 Å². The first-order valence-electron chi connectivity index (χ1n) is 8.11. The van der Waals surface area contributed by atoms with Crippen molar-refractivity contribution in [3.63, 3.8) is 0 Å². The van der Waals surface area contributed by atoms with Crippen LogP contribution in [-0.4, -0.2) is 27.6 Å². The highest BCUT2D eigenvalue weighted by atomic mass is 16.5. The monoisotopic (exact) mass is 308 g/mol. The van der Waals surface area contributed by atoms with E-state index in [4.69, 9.17) is 9.84 Å². The molecule has 0 saturated carbocycles. The van der Waals surface area contributed by atoms with Crippen molar-refractivity contribution in [2.75, 3.05) is 6.61 Å². The van der Waals surface area contributed by atoms with E-state index in [1.165, 1.54) is 5.56 Å². The van der Waals surface area contributed by atoms with Crippen LogP contribution in [0.5, 0.6) is 0 Å². The summed E-state index contributed by atoms with van der Waals surface area (Å²) in [5, 5.41) is 15.3. The van der Waals surface area contributed by atoms with Gasteiger partial charge in [-0.25, -0.2) is 0 Å². The molecule has 4 rings (SSSR count). The molecule has 0 aliphatic carbocycles. The molecule has 1 aliphatic heterocycles. The number of aromatic nitrogens is 2. The lowest BCUT2D eigenvalue weighted by Crippen LogP contribution is -2.11. The molecule has 0 amide bonds. The summed E-state index contributed by atoms with van der Waals surface area (Å²) in [5.41, 5.74) is 3.35. The van der Waals surface area contributed by atoms with Crippen molar-refractivity contribution in [3.05, 3.63) is 65.9 Å². The van der Waals surface area contributed by atoms with Crippen LogP contribution in [0.25, 0.3) is 10.9 Å². The summed E-state index contributed by atoms with van der Waals surface area (Å²) in [6.07, 6.45) is 1.73. The number of hydrogen-bond acceptors (Lipinski definition) is 3. The first-order valence-corrected chi connectivity index (χ1v) is 8.11. The van der Waals surface area contributed by atoms with Gasteiger partial charge in [0.25, 0.3) is 0 Å². The Labute approximate surface area is 135 Å². The molecule has 2 heterocycles. The minimum Gasteiger partial charge on any atom is -0.394 e. The maximum absolute atomic E-state index is 9.29. The van der Waals surface area contributed by atoms with Gasteiger partial charge < -0.3 is 9.84 Å². The van der Waals surface area contributed by atoms with Crippen LogP contribution in [0.4, 0.5) is 0 Å². The van der Waals surface area contributed by atoms with Crippen LogP contribution in [0.2, 0.25) is 0 Å². The number of benzene rings is 2. The second-order valence-electron chi connectivity index (χ2n) is 6.05. The van der Waals surface area contributed by atoms with Crippen molar-refractivity contribution < 1.29 is 9.84 Å². The molecule has 2 atom stereocenters. The summed E-state index contributed by atoms with van der Waals surface area (Å²) < 4.78 is 7.99. The van der Waals surface area contributed by atoms with E-state index in [9.17, 15) is 5.11 Å². The summed E-state index contributed by atoms with van der Waals surface area (Å²) in [4.78, 5) is 0. The largest absolute Gasteiger partial charge is 0.394 e. The Morgan fingerprint density at radius 3 is 2.61 bits per heavy atom. The fourth-order valence-electron chi connectivity index (χ4n) is 3.31. The number of aliphatic hydroxyl groups excluding tert-OH is 1. The van der Waals surface area contributed by atoms with Gasteiger partial charge in [-0.2, -0.15) is 5.10 Å². The third-order valence-corrected chi connectivity index (χ3v) is 4.48. The Kier molecular flexibility index (Phi) is 3.85. The number of nitrogens with zero attached hydrogens (tertiary/aromatic N) is 2. The molecule has 2 unspecified atom stereocenters. The molecule has 1 fully saturated rings. The molecule has 118 valence electrons. The minimum absolute atomic E-state index is 0.0194. The first kappa shape index (κ1) is 14.4. The number of rotatable bonds is 4. The summed E-state index contributed by atoms with van der Waals surface area (Å²) in [6, 6.07) is 18.6. The molecule has 23 heavy (non-hydrogen) atoms. The third kappa shape index (κ3) is 2.76. The first-order chi connectivity index (χ1) is 11.3. The van der Waals surface area contributed by atoms with Gasteiger partial charge in [0.05, 0.1) is 30.5 Å². The topological polar surface area (TPSA) is 47.3 Å². The quantitative estimate of drug-likeness (QED) is 0.804. The van der Waals surface area contributed by atoms with Crippen molar-refractivity contribution in [1.29, 1.82) is 0 Å². The second kappa shape index (κ2) is 6.14.